The highest BCUT2D eigenvalue weighted by Crippen LogP contribution is 2.36. The fraction of sp³-hybridized carbons (Fsp3) is 0.333. The minimum Gasteiger partial charge on any atom is -0.348 e. The Bertz CT molecular complexity index is 643. The second-order valence-corrected chi connectivity index (χ2v) is 7.33. The smallest absolute Gasteiger partial charge is 0.212 e. The lowest BCUT2D eigenvalue weighted by Crippen LogP contribution is -2.41. The molecule has 1 aliphatic heterocycles. The van der Waals surface area contributed by atoms with Gasteiger partial charge in [-0.2, -0.15) is 4.31 Å². The van der Waals surface area contributed by atoms with E-state index in [0.717, 1.165) is 17.1 Å². The van der Waals surface area contributed by atoms with E-state index in [9.17, 15) is 8.42 Å². The Morgan fingerprint density at radius 2 is 2.11 bits per heavy atom. The molecule has 0 saturated heterocycles. The summed E-state index contributed by atoms with van der Waals surface area (Å²) in [5, 5.41) is 1.98. The Hall–Kier alpha value is -1.11. The Morgan fingerprint density at radius 1 is 1.28 bits per heavy atom. The first-order valence-electron chi connectivity index (χ1n) is 5.72. The average Bonchev–Trinajstić information content (AvgIpc) is 2.97. The zero-order chi connectivity index (χ0) is 12.8. The zero-order valence-electron chi connectivity index (χ0n) is 9.98. The van der Waals surface area contributed by atoms with Crippen LogP contribution in [0, 0.1) is 0 Å². The van der Waals surface area contributed by atoms with Gasteiger partial charge in [-0.25, -0.2) is 8.42 Å². The molecule has 3 heterocycles. The van der Waals surface area contributed by atoms with Crippen LogP contribution in [-0.2, 0) is 16.6 Å². The summed E-state index contributed by atoms with van der Waals surface area (Å²) in [5.74, 6) is 0. The maximum atomic E-state index is 11.9. The largest absolute Gasteiger partial charge is 0.348 e. The van der Waals surface area contributed by atoms with E-state index in [1.165, 1.54) is 6.26 Å². The van der Waals surface area contributed by atoms with E-state index in [2.05, 4.69) is 4.57 Å². The Labute approximate surface area is 111 Å². The van der Waals surface area contributed by atoms with Crippen molar-refractivity contribution in [1.29, 1.82) is 0 Å². The Kier molecular flexibility index (Phi) is 2.80. The van der Waals surface area contributed by atoms with Gasteiger partial charge in [0.2, 0.25) is 10.0 Å². The van der Waals surface area contributed by atoms with Gasteiger partial charge in [0, 0.05) is 29.9 Å². The first-order valence-corrected chi connectivity index (χ1v) is 8.45. The van der Waals surface area contributed by atoms with Crippen molar-refractivity contribution >= 4 is 21.4 Å². The molecule has 1 atom stereocenters. The van der Waals surface area contributed by atoms with Crippen molar-refractivity contribution in [2.45, 2.75) is 12.6 Å². The Balaban J connectivity index is 2.14. The molecule has 1 unspecified atom stereocenters. The van der Waals surface area contributed by atoms with Crippen molar-refractivity contribution in [1.82, 2.24) is 8.87 Å². The van der Waals surface area contributed by atoms with Gasteiger partial charge in [0.1, 0.15) is 0 Å². The predicted molar refractivity (Wildman–Crippen MR) is 72.1 cm³/mol. The van der Waals surface area contributed by atoms with Gasteiger partial charge >= 0.3 is 0 Å². The summed E-state index contributed by atoms with van der Waals surface area (Å²) >= 11 is 1.60. The van der Waals surface area contributed by atoms with Crippen LogP contribution in [0.15, 0.2) is 35.8 Å². The van der Waals surface area contributed by atoms with Crippen LogP contribution in [0.2, 0.25) is 0 Å². The number of fused-ring (bicyclic) bond motifs is 1. The highest BCUT2D eigenvalue weighted by Gasteiger charge is 2.34. The number of hydrogen-bond acceptors (Lipinski definition) is 3. The molecule has 0 amide bonds. The van der Waals surface area contributed by atoms with Gasteiger partial charge in [-0.1, -0.05) is 6.07 Å². The van der Waals surface area contributed by atoms with Gasteiger partial charge in [-0.15, -0.1) is 11.3 Å². The highest BCUT2D eigenvalue weighted by atomic mass is 32.2. The molecule has 1 aliphatic rings. The molecule has 2 aromatic rings. The van der Waals surface area contributed by atoms with E-state index >= 15 is 0 Å². The molecule has 0 aliphatic carbocycles. The molecule has 3 rings (SSSR count). The fourth-order valence-corrected chi connectivity index (χ4v) is 4.39. The maximum absolute atomic E-state index is 11.9. The van der Waals surface area contributed by atoms with Gasteiger partial charge in [0.15, 0.2) is 0 Å². The molecule has 0 radical (unpaired) electrons. The van der Waals surface area contributed by atoms with Gasteiger partial charge in [-0.05, 0) is 23.6 Å². The Morgan fingerprint density at radius 3 is 2.78 bits per heavy atom. The van der Waals surface area contributed by atoms with E-state index in [0.29, 0.717) is 6.54 Å². The number of thiophene rings is 1. The van der Waals surface area contributed by atoms with Crippen molar-refractivity contribution < 1.29 is 8.42 Å². The summed E-state index contributed by atoms with van der Waals surface area (Å²) in [6, 6.07) is 7.76. The topological polar surface area (TPSA) is 42.3 Å². The van der Waals surface area contributed by atoms with Crippen LogP contribution in [-0.4, -0.2) is 30.1 Å². The second kappa shape index (κ2) is 4.22. The van der Waals surface area contributed by atoms with Gasteiger partial charge in [0.25, 0.3) is 0 Å². The van der Waals surface area contributed by atoms with Crippen molar-refractivity contribution in [3.63, 3.8) is 0 Å². The highest BCUT2D eigenvalue weighted by molar-refractivity contribution is 7.88. The van der Waals surface area contributed by atoms with E-state index in [4.69, 9.17) is 0 Å². The molecular weight excluding hydrogens is 268 g/mol. The number of nitrogens with zero attached hydrogens (tertiary/aromatic N) is 2. The van der Waals surface area contributed by atoms with E-state index in [1.54, 1.807) is 15.6 Å². The van der Waals surface area contributed by atoms with Crippen molar-refractivity contribution in [2.24, 2.45) is 0 Å². The van der Waals surface area contributed by atoms with E-state index in [-0.39, 0.29) is 6.04 Å². The van der Waals surface area contributed by atoms with Crippen LogP contribution < -0.4 is 0 Å². The summed E-state index contributed by atoms with van der Waals surface area (Å²) in [6.45, 7) is 1.25. The monoisotopic (exact) mass is 282 g/mol. The molecule has 0 fully saturated rings. The molecule has 0 saturated carbocycles. The fourth-order valence-electron chi connectivity index (χ4n) is 2.45. The second-order valence-electron chi connectivity index (χ2n) is 4.42. The number of rotatable bonds is 2. The first kappa shape index (κ1) is 12.0. The molecule has 18 heavy (non-hydrogen) atoms. The van der Waals surface area contributed by atoms with Gasteiger partial charge in [0.05, 0.1) is 12.3 Å². The average molecular weight is 282 g/mol. The zero-order valence-corrected chi connectivity index (χ0v) is 11.6. The van der Waals surface area contributed by atoms with Crippen molar-refractivity contribution in [3.8, 4) is 0 Å². The minimum absolute atomic E-state index is 0.177. The van der Waals surface area contributed by atoms with Crippen LogP contribution in [0.5, 0.6) is 0 Å². The minimum atomic E-state index is -3.20. The maximum Gasteiger partial charge on any atom is 0.212 e. The van der Waals surface area contributed by atoms with Crippen molar-refractivity contribution in [3.05, 3.63) is 46.4 Å². The molecule has 0 N–H and O–H groups in total. The molecule has 4 nitrogen and oxygen atoms in total. The summed E-state index contributed by atoms with van der Waals surface area (Å²) in [5.41, 5.74) is 1.05. The van der Waals surface area contributed by atoms with Crippen LogP contribution in [0.3, 0.4) is 0 Å². The molecule has 6 heteroatoms. The summed E-state index contributed by atoms with van der Waals surface area (Å²) in [4.78, 5) is 1.07. The summed E-state index contributed by atoms with van der Waals surface area (Å²) in [6.07, 6.45) is 3.29. The molecule has 0 bridgehead atoms. The van der Waals surface area contributed by atoms with Crippen LogP contribution in [0.1, 0.15) is 16.6 Å². The summed E-state index contributed by atoms with van der Waals surface area (Å²) < 4.78 is 27.6. The predicted octanol–water partition coefficient (Wildman–Crippen LogP) is 1.91. The molecular formula is C12H14N2O2S2. The molecule has 96 valence electrons. The van der Waals surface area contributed by atoms with E-state index < -0.39 is 10.0 Å². The quantitative estimate of drug-likeness (QED) is 0.844. The lowest BCUT2D eigenvalue weighted by atomic mass is 10.1. The van der Waals surface area contributed by atoms with Crippen LogP contribution in [0.25, 0.3) is 0 Å². The lowest BCUT2D eigenvalue weighted by molar-refractivity contribution is 0.303. The molecule has 2 aromatic heterocycles. The third-order valence-corrected chi connectivity index (χ3v) is 5.40. The summed E-state index contributed by atoms with van der Waals surface area (Å²) in [7, 11) is -3.20. The first-order chi connectivity index (χ1) is 8.57. The van der Waals surface area contributed by atoms with Crippen LogP contribution >= 0.6 is 11.3 Å². The number of hydrogen-bond donors (Lipinski definition) is 0. The normalized spacial score (nSPS) is 20.8. The SMILES string of the molecule is CS(=O)(=O)N1CCn2cccc2C1c1cccs1. The van der Waals surface area contributed by atoms with Gasteiger partial charge in [-0.3, -0.25) is 0 Å². The van der Waals surface area contributed by atoms with E-state index in [1.807, 2.05) is 35.8 Å². The number of aromatic nitrogens is 1. The van der Waals surface area contributed by atoms with Gasteiger partial charge < -0.3 is 4.57 Å². The third kappa shape index (κ3) is 1.90. The molecule has 0 spiro atoms. The van der Waals surface area contributed by atoms with Crippen molar-refractivity contribution in [2.75, 3.05) is 12.8 Å². The third-order valence-electron chi connectivity index (χ3n) is 3.23. The van der Waals surface area contributed by atoms with Crippen LogP contribution in [0.4, 0.5) is 0 Å². The standard InChI is InChI=1S/C12H14N2O2S2/c1-18(15,16)14-8-7-13-6-2-4-10(13)12(14)11-5-3-9-17-11/h2-6,9,12H,7-8H2,1H3. The lowest BCUT2D eigenvalue weighted by Gasteiger charge is -2.34. The number of sulfonamides is 1. The molecule has 0 aromatic carbocycles.